The summed E-state index contributed by atoms with van der Waals surface area (Å²) in [4.78, 5) is 26.0. The molecule has 0 aliphatic rings. The topological polar surface area (TPSA) is 111 Å². The van der Waals surface area contributed by atoms with Gasteiger partial charge in [-0.25, -0.2) is 4.79 Å². The van der Waals surface area contributed by atoms with Crippen molar-refractivity contribution in [1.29, 1.82) is 0 Å². The third-order valence-corrected chi connectivity index (χ3v) is 2.88. The largest absolute Gasteiger partial charge is 0.477 e. The Balaban J connectivity index is 1.89. The Labute approximate surface area is 112 Å². The third kappa shape index (κ3) is 2.01. The van der Waals surface area contributed by atoms with E-state index in [2.05, 4.69) is 20.5 Å². The van der Waals surface area contributed by atoms with Crippen molar-refractivity contribution >= 4 is 28.6 Å². The highest BCUT2D eigenvalue weighted by molar-refractivity contribution is 6.07. The van der Waals surface area contributed by atoms with E-state index >= 15 is 0 Å². The maximum absolute atomic E-state index is 12.1. The van der Waals surface area contributed by atoms with Crippen LogP contribution in [0, 0.1) is 0 Å². The van der Waals surface area contributed by atoms with Gasteiger partial charge in [0.15, 0.2) is 0 Å². The Morgan fingerprint density at radius 2 is 2.05 bits per heavy atom. The standard InChI is InChI=1S/C13H10N4O3/c18-12(16-11-8(13(19)20)6-14-17-11)10-5-7-3-1-2-4-9(7)15-10/h1-6,15H,(H,19,20)(H2,14,16,17,18). The number of rotatable bonds is 3. The summed E-state index contributed by atoms with van der Waals surface area (Å²) in [6.45, 7) is 0. The summed E-state index contributed by atoms with van der Waals surface area (Å²) in [5, 5.41) is 18.4. The van der Waals surface area contributed by atoms with Gasteiger partial charge in [0.1, 0.15) is 17.1 Å². The number of carboxylic acids is 1. The minimum atomic E-state index is -1.16. The van der Waals surface area contributed by atoms with Gasteiger partial charge < -0.3 is 15.4 Å². The number of hydrogen-bond donors (Lipinski definition) is 4. The van der Waals surface area contributed by atoms with Gasteiger partial charge >= 0.3 is 5.97 Å². The van der Waals surface area contributed by atoms with Gasteiger partial charge in [-0.3, -0.25) is 9.89 Å². The van der Waals surface area contributed by atoms with Crippen LogP contribution in [0.1, 0.15) is 20.8 Å². The first-order chi connectivity index (χ1) is 9.65. The molecule has 2 heterocycles. The zero-order chi connectivity index (χ0) is 14.1. The number of nitrogens with one attached hydrogen (secondary N) is 3. The lowest BCUT2D eigenvalue weighted by Crippen LogP contribution is -2.14. The molecule has 1 aromatic carbocycles. The molecule has 0 bridgehead atoms. The van der Waals surface area contributed by atoms with Crippen LogP contribution in [0.15, 0.2) is 36.5 Å². The van der Waals surface area contributed by atoms with E-state index < -0.39 is 11.9 Å². The number of para-hydroxylation sites is 1. The number of aromatic carboxylic acids is 1. The Morgan fingerprint density at radius 3 is 2.80 bits per heavy atom. The highest BCUT2D eigenvalue weighted by atomic mass is 16.4. The summed E-state index contributed by atoms with van der Waals surface area (Å²) in [7, 11) is 0. The molecule has 4 N–H and O–H groups in total. The summed E-state index contributed by atoms with van der Waals surface area (Å²) < 4.78 is 0. The van der Waals surface area contributed by atoms with Crippen LogP contribution < -0.4 is 5.32 Å². The predicted molar refractivity (Wildman–Crippen MR) is 71.8 cm³/mol. The second-order valence-electron chi connectivity index (χ2n) is 4.19. The van der Waals surface area contributed by atoms with Crippen molar-refractivity contribution in [2.45, 2.75) is 0 Å². The molecule has 1 amide bonds. The SMILES string of the molecule is O=C(Nc1[nH]ncc1C(=O)O)c1cc2ccccc2[nH]1. The van der Waals surface area contributed by atoms with E-state index in [0.29, 0.717) is 5.69 Å². The van der Waals surface area contributed by atoms with Crippen LogP contribution in [0.4, 0.5) is 5.82 Å². The summed E-state index contributed by atoms with van der Waals surface area (Å²) in [5.74, 6) is -1.54. The number of carbonyl (C=O) groups is 2. The van der Waals surface area contributed by atoms with Crippen LogP contribution in [0.5, 0.6) is 0 Å². The lowest BCUT2D eigenvalue weighted by molar-refractivity contribution is 0.0698. The minimum absolute atomic E-state index is 0.0566. The van der Waals surface area contributed by atoms with Crippen molar-refractivity contribution in [3.63, 3.8) is 0 Å². The molecular weight excluding hydrogens is 260 g/mol. The first-order valence-corrected chi connectivity index (χ1v) is 5.81. The van der Waals surface area contributed by atoms with Crippen LogP contribution in [0.25, 0.3) is 10.9 Å². The predicted octanol–water partition coefficient (Wildman–Crippen LogP) is 1.84. The number of carbonyl (C=O) groups excluding carboxylic acids is 1. The summed E-state index contributed by atoms with van der Waals surface area (Å²) in [6, 6.07) is 9.15. The molecule has 0 spiro atoms. The van der Waals surface area contributed by atoms with Gasteiger partial charge in [-0.05, 0) is 12.1 Å². The lowest BCUT2D eigenvalue weighted by atomic mass is 10.2. The van der Waals surface area contributed by atoms with E-state index in [4.69, 9.17) is 5.11 Å². The average Bonchev–Trinajstić information content (AvgIpc) is 3.03. The third-order valence-electron chi connectivity index (χ3n) is 2.88. The monoisotopic (exact) mass is 270 g/mol. The van der Waals surface area contributed by atoms with Crippen LogP contribution in [-0.4, -0.2) is 32.2 Å². The number of aromatic nitrogens is 3. The van der Waals surface area contributed by atoms with Crippen molar-refractivity contribution in [3.05, 3.63) is 47.8 Å². The van der Waals surface area contributed by atoms with E-state index in [1.807, 2.05) is 24.3 Å². The number of hydrogen-bond acceptors (Lipinski definition) is 3. The van der Waals surface area contributed by atoms with Crippen LogP contribution in [0.3, 0.4) is 0 Å². The molecule has 100 valence electrons. The fourth-order valence-electron chi connectivity index (χ4n) is 1.92. The van der Waals surface area contributed by atoms with Gasteiger partial charge in [-0.1, -0.05) is 18.2 Å². The molecule has 20 heavy (non-hydrogen) atoms. The summed E-state index contributed by atoms with van der Waals surface area (Å²) in [6.07, 6.45) is 1.14. The fourth-order valence-corrected chi connectivity index (χ4v) is 1.92. The first-order valence-electron chi connectivity index (χ1n) is 5.81. The molecule has 7 nitrogen and oxygen atoms in total. The van der Waals surface area contributed by atoms with Crippen molar-refractivity contribution in [1.82, 2.24) is 15.2 Å². The Kier molecular flexibility index (Phi) is 2.72. The van der Waals surface area contributed by atoms with Crippen molar-refractivity contribution in [3.8, 4) is 0 Å². The van der Waals surface area contributed by atoms with Crippen LogP contribution >= 0.6 is 0 Å². The average molecular weight is 270 g/mol. The Hall–Kier alpha value is -3.09. The molecule has 3 aromatic rings. The molecule has 0 aliphatic carbocycles. The molecular formula is C13H10N4O3. The Morgan fingerprint density at radius 1 is 1.25 bits per heavy atom. The molecule has 0 atom stereocenters. The molecule has 0 unspecified atom stereocenters. The van der Waals surface area contributed by atoms with Gasteiger partial charge in [-0.2, -0.15) is 5.10 Å². The highest BCUT2D eigenvalue weighted by Crippen LogP contribution is 2.17. The number of amides is 1. The summed E-state index contributed by atoms with van der Waals surface area (Å²) >= 11 is 0. The van der Waals surface area contributed by atoms with E-state index in [-0.39, 0.29) is 11.4 Å². The second-order valence-corrected chi connectivity index (χ2v) is 4.19. The molecule has 7 heteroatoms. The van der Waals surface area contributed by atoms with Gasteiger partial charge in [-0.15, -0.1) is 0 Å². The van der Waals surface area contributed by atoms with E-state index in [1.54, 1.807) is 6.07 Å². The number of nitrogens with zero attached hydrogens (tertiary/aromatic N) is 1. The Bertz CT molecular complexity index is 770. The number of benzene rings is 1. The number of aromatic amines is 2. The number of fused-ring (bicyclic) bond motifs is 1. The zero-order valence-electron chi connectivity index (χ0n) is 10.2. The molecule has 0 fully saturated rings. The van der Waals surface area contributed by atoms with Gasteiger partial charge in [0.25, 0.3) is 5.91 Å². The van der Waals surface area contributed by atoms with Gasteiger partial charge in [0, 0.05) is 10.9 Å². The molecule has 3 rings (SSSR count). The number of anilines is 1. The maximum Gasteiger partial charge on any atom is 0.341 e. The molecule has 0 aliphatic heterocycles. The number of H-pyrrole nitrogens is 2. The zero-order valence-corrected chi connectivity index (χ0v) is 10.2. The second kappa shape index (κ2) is 4.54. The number of carboxylic acid groups (broad SMARTS) is 1. The molecule has 0 radical (unpaired) electrons. The molecule has 0 saturated carbocycles. The van der Waals surface area contributed by atoms with Gasteiger partial charge in [0.05, 0.1) is 6.20 Å². The van der Waals surface area contributed by atoms with Gasteiger partial charge in [0.2, 0.25) is 0 Å². The molecule has 2 aromatic heterocycles. The van der Waals surface area contributed by atoms with Crippen LogP contribution in [0.2, 0.25) is 0 Å². The van der Waals surface area contributed by atoms with E-state index in [9.17, 15) is 9.59 Å². The van der Waals surface area contributed by atoms with Crippen molar-refractivity contribution in [2.24, 2.45) is 0 Å². The first kappa shape index (κ1) is 12.0. The maximum atomic E-state index is 12.1. The van der Waals surface area contributed by atoms with E-state index in [1.165, 1.54) is 0 Å². The van der Waals surface area contributed by atoms with Crippen molar-refractivity contribution < 1.29 is 14.7 Å². The lowest BCUT2D eigenvalue weighted by Gasteiger charge is -2.01. The summed E-state index contributed by atoms with van der Waals surface area (Å²) in [5.41, 5.74) is 1.09. The smallest absolute Gasteiger partial charge is 0.341 e. The van der Waals surface area contributed by atoms with Crippen molar-refractivity contribution in [2.75, 3.05) is 5.32 Å². The highest BCUT2D eigenvalue weighted by Gasteiger charge is 2.16. The van der Waals surface area contributed by atoms with E-state index in [0.717, 1.165) is 17.1 Å². The fraction of sp³-hybridized carbons (Fsp3) is 0. The van der Waals surface area contributed by atoms with Crippen LogP contribution in [-0.2, 0) is 0 Å². The minimum Gasteiger partial charge on any atom is -0.477 e. The normalized spacial score (nSPS) is 10.6. The molecule has 0 saturated heterocycles. The quantitative estimate of drug-likeness (QED) is 0.581.